The number of nitrogens with one attached hydrogen (secondary N) is 2. The number of hydrogen-bond donors (Lipinski definition) is 3. The molecule has 0 saturated carbocycles. The smallest absolute Gasteiger partial charge is 0.319 e. The van der Waals surface area contributed by atoms with Crippen molar-refractivity contribution >= 4 is 11.7 Å². The van der Waals surface area contributed by atoms with E-state index in [-0.39, 0.29) is 6.54 Å². The van der Waals surface area contributed by atoms with Crippen LogP contribution in [0.3, 0.4) is 0 Å². The van der Waals surface area contributed by atoms with E-state index >= 15 is 0 Å². The lowest BCUT2D eigenvalue weighted by atomic mass is 10.0. The van der Waals surface area contributed by atoms with Crippen LogP contribution in [0.25, 0.3) is 5.69 Å². The number of furan rings is 1. The molecule has 1 unspecified atom stereocenters. The monoisotopic (exact) mass is 327 g/mol. The maximum atomic E-state index is 12.0. The number of aromatic nitrogens is 3. The molecule has 0 radical (unpaired) electrons. The molecule has 2 heterocycles. The van der Waals surface area contributed by atoms with Crippen molar-refractivity contribution in [3.63, 3.8) is 0 Å². The van der Waals surface area contributed by atoms with Gasteiger partial charge in [0, 0.05) is 5.69 Å². The van der Waals surface area contributed by atoms with Crippen molar-refractivity contribution in [2.24, 2.45) is 0 Å². The van der Waals surface area contributed by atoms with Crippen molar-refractivity contribution < 1.29 is 14.3 Å². The van der Waals surface area contributed by atoms with Crippen LogP contribution in [0.4, 0.5) is 10.5 Å². The van der Waals surface area contributed by atoms with Gasteiger partial charge in [-0.1, -0.05) is 5.21 Å². The van der Waals surface area contributed by atoms with Gasteiger partial charge >= 0.3 is 6.03 Å². The van der Waals surface area contributed by atoms with E-state index in [2.05, 4.69) is 20.9 Å². The van der Waals surface area contributed by atoms with Gasteiger partial charge in [0.2, 0.25) is 0 Å². The lowest BCUT2D eigenvalue weighted by molar-refractivity contribution is 0.0372. The van der Waals surface area contributed by atoms with Gasteiger partial charge < -0.3 is 20.2 Å². The predicted octanol–water partition coefficient (Wildman–Crippen LogP) is 1.89. The Hall–Kier alpha value is -3.13. The fourth-order valence-electron chi connectivity index (χ4n) is 2.14. The van der Waals surface area contributed by atoms with Crippen LogP contribution in [0.2, 0.25) is 0 Å². The molecule has 24 heavy (non-hydrogen) atoms. The normalized spacial score (nSPS) is 13.2. The fourth-order valence-corrected chi connectivity index (χ4v) is 2.14. The van der Waals surface area contributed by atoms with E-state index in [0.29, 0.717) is 11.4 Å². The van der Waals surface area contributed by atoms with Crippen molar-refractivity contribution in [2.75, 3.05) is 11.9 Å². The summed E-state index contributed by atoms with van der Waals surface area (Å²) < 4.78 is 6.78. The molecule has 3 aromatic rings. The molecule has 8 heteroatoms. The predicted molar refractivity (Wildman–Crippen MR) is 86.7 cm³/mol. The summed E-state index contributed by atoms with van der Waals surface area (Å²) in [4.78, 5) is 12.0. The van der Waals surface area contributed by atoms with Gasteiger partial charge in [0.05, 0.1) is 30.9 Å². The van der Waals surface area contributed by atoms with Gasteiger partial charge in [0.1, 0.15) is 11.4 Å². The van der Waals surface area contributed by atoms with Crippen molar-refractivity contribution in [3.05, 3.63) is 60.8 Å². The number of amides is 2. The van der Waals surface area contributed by atoms with Crippen LogP contribution < -0.4 is 10.6 Å². The Bertz CT molecular complexity index is 780. The minimum Gasteiger partial charge on any atom is -0.466 e. The highest BCUT2D eigenvalue weighted by molar-refractivity contribution is 5.89. The minimum atomic E-state index is -1.28. The number of rotatable bonds is 5. The molecule has 0 fully saturated rings. The number of benzene rings is 1. The molecule has 3 N–H and O–H groups in total. The number of urea groups is 1. The van der Waals surface area contributed by atoms with Crippen molar-refractivity contribution in [1.82, 2.24) is 20.3 Å². The molecule has 8 nitrogen and oxygen atoms in total. The standard InChI is InChI=1S/C16H17N5O3/c1-16(23,14-3-2-10-24-14)11-17-15(22)19-12-4-6-13(7-5-12)21-9-8-18-20-21/h2-10,23H,11H2,1H3,(H2,17,19,22). The van der Waals surface area contributed by atoms with Crippen LogP contribution in [0.5, 0.6) is 0 Å². The second kappa shape index (κ2) is 6.55. The summed E-state index contributed by atoms with van der Waals surface area (Å²) in [5, 5.41) is 23.2. The molecule has 0 bridgehead atoms. The van der Waals surface area contributed by atoms with E-state index < -0.39 is 11.6 Å². The SMILES string of the molecule is CC(O)(CNC(=O)Nc1ccc(-n2ccnn2)cc1)c1ccco1. The van der Waals surface area contributed by atoms with E-state index in [1.54, 1.807) is 48.3 Å². The summed E-state index contributed by atoms with van der Waals surface area (Å²) in [6, 6.07) is 10.0. The maximum absolute atomic E-state index is 12.0. The van der Waals surface area contributed by atoms with Crippen LogP contribution in [-0.4, -0.2) is 32.7 Å². The summed E-state index contributed by atoms with van der Waals surface area (Å²) in [6.07, 6.45) is 4.79. The van der Waals surface area contributed by atoms with E-state index in [4.69, 9.17) is 4.42 Å². The van der Waals surface area contributed by atoms with Crippen LogP contribution >= 0.6 is 0 Å². The first-order valence-electron chi connectivity index (χ1n) is 7.32. The van der Waals surface area contributed by atoms with Crippen LogP contribution in [-0.2, 0) is 5.60 Å². The quantitative estimate of drug-likeness (QED) is 0.663. The van der Waals surface area contributed by atoms with Crippen LogP contribution in [0.1, 0.15) is 12.7 Å². The van der Waals surface area contributed by atoms with Gasteiger partial charge in [0.15, 0.2) is 0 Å². The largest absolute Gasteiger partial charge is 0.466 e. The van der Waals surface area contributed by atoms with Crippen LogP contribution in [0.15, 0.2) is 59.5 Å². The summed E-state index contributed by atoms with van der Waals surface area (Å²) in [6.45, 7) is 1.59. The molecular formula is C16H17N5O3. The highest BCUT2D eigenvalue weighted by Crippen LogP contribution is 2.19. The zero-order valence-electron chi connectivity index (χ0n) is 13.0. The molecule has 0 aliphatic carbocycles. The van der Waals surface area contributed by atoms with Crippen molar-refractivity contribution in [1.29, 1.82) is 0 Å². The summed E-state index contributed by atoms with van der Waals surface area (Å²) >= 11 is 0. The highest BCUT2D eigenvalue weighted by Gasteiger charge is 2.26. The molecule has 0 spiro atoms. The maximum Gasteiger partial charge on any atom is 0.319 e. The lowest BCUT2D eigenvalue weighted by Gasteiger charge is -2.21. The Morgan fingerprint density at radius 3 is 2.75 bits per heavy atom. The molecule has 1 atom stereocenters. The zero-order chi connectivity index (χ0) is 17.0. The fraction of sp³-hybridized carbons (Fsp3) is 0.188. The Balaban J connectivity index is 1.55. The molecule has 2 aromatic heterocycles. The van der Waals surface area contributed by atoms with Crippen molar-refractivity contribution in [3.8, 4) is 5.69 Å². The first kappa shape index (κ1) is 15.8. The molecule has 124 valence electrons. The highest BCUT2D eigenvalue weighted by atomic mass is 16.4. The summed E-state index contributed by atoms with van der Waals surface area (Å²) in [5.41, 5.74) is 0.172. The minimum absolute atomic E-state index is 0.0172. The summed E-state index contributed by atoms with van der Waals surface area (Å²) in [7, 11) is 0. The number of hydrogen-bond acceptors (Lipinski definition) is 5. The summed E-state index contributed by atoms with van der Waals surface area (Å²) in [5.74, 6) is 0.389. The van der Waals surface area contributed by atoms with Gasteiger partial charge in [-0.25, -0.2) is 9.48 Å². The van der Waals surface area contributed by atoms with Crippen molar-refractivity contribution in [2.45, 2.75) is 12.5 Å². The van der Waals surface area contributed by atoms with E-state index in [1.165, 1.54) is 6.26 Å². The lowest BCUT2D eigenvalue weighted by Crippen LogP contribution is -2.40. The average molecular weight is 327 g/mol. The number of carbonyl (C=O) groups excluding carboxylic acids is 1. The average Bonchev–Trinajstić information content (AvgIpc) is 3.27. The number of aliphatic hydroxyl groups is 1. The topological polar surface area (TPSA) is 105 Å². The third kappa shape index (κ3) is 3.61. The molecule has 1 aromatic carbocycles. The molecule has 3 rings (SSSR count). The molecule has 0 saturated heterocycles. The Kier molecular flexibility index (Phi) is 4.30. The van der Waals surface area contributed by atoms with Gasteiger partial charge in [-0.15, -0.1) is 5.10 Å². The zero-order valence-corrected chi connectivity index (χ0v) is 13.0. The van der Waals surface area contributed by atoms with Gasteiger partial charge in [-0.05, 0) is 43.3 Å². The number of carbonyl (C=O) groups is 1. The van der Waals surface area contributed by atoms with Gasteiger partial charge in [-0.3, -0.25) is 0 Å². The Morgan fingerprint density at radius 1 is 1.33 bits per heavy atom. The Labute approximate surface area is 138 Å². The number of anilines is 1. The first-order chi connectivity index (χ1) is 11.5. The van der Waals surface area contributed by atoms with Crippen LogP contribution in [0, 0.1) is 0 Å². The van der Waals surface area contributed by atoms with Gasteiger partial charge in [-0.2, -0.15) is 0 Å². The van der Waals surface area contributed by atoms with E-state index in [1.807, 2.05) is 12.1 Å². The van der Waals surface area contributed by atoms with E-state index in [0.717, 1.165) is 5.69 Å². The first-order valence-corrected chi connectivity index (χ1v) is 7.32. The second-order valence-corrected chi connectivity index (χ2v) is 5.45. The second-order valence-electron chi connectivity index (χ2n) is 5.45. The number of nitrogens with zero attached hydrogens (tertiary/aromatic N) is 3. The molecule has 0 aliphatic rings. The Morgan fingerprint density at radius 2 is 2.12 bits per heavy atom. The molecule has 0 aliphatic heterocycles. The molecular weight excluding hydrogens is 310 g/mol. The molecule has 2 amide bonds. The van der Waals surface area contributed by atoms with Gasteiger partial charge in [0.25, 0.3) is 0 Å². The third-order valence-electron chi connectivity index (χ3n) is 3.46. The van der Waals surface area contributed by atoms with E-state index in [9.17, 15) is 9.90 Å². The third-order valence-corrected chi connectivity index (χ3v) is 3.46.